The predicted octanol–water partition coefficient (Wildman–Crippen LogP) is 3.47. The van der Waals surface area contributed by atoms with Gasteiger partial charge in [0.2, 0.25) is 5.95 Å². The van der Waals surface area contributed by atoms with Gasteiger partial charge in [-0.3, -0.25) is 4.98 Å². The minimum Gasteiger partial charge on any atom is -0.324 e. The van der Waals surface area contributed by atoms with Crippen molar-refractivity contribution in [1.82, 2.24) is 24.9 Å². The molecular formula is C17H11F3N6O. The number of rotatable bonds is 3. The Morgan fingerprint density at radius 3 is 2.67 bits per heavy atom. The number of fused-ring (bicyclic) bond motifs is 1. The van der Waals surface area contributed by atoms with Crippen LogP contribution in [0.25, 0.3) is 22.3 Å². The number of aromatic nitrogens is 5. The van der Waals surface area contributed by atoms with E-state index in [0.29, 0.717) is 16.9 Å². The third-order valence-electron chi connectivity index (χ3n) is 3.77. The van der Waals surface area contributed by atoms with Gasteiger partial charge < -0.3 is 10.3 Å². The molecule has 7 nitrogen and oxygen atoms in total. The van der Waals surface area contributed by atoms with Crippen LogP contribution in [0.2, 0.25) is 0 Å². The number of alkyl halides is 3. The lowest BCUT2D eigenvalue weighted by atomic mass is 10.1. The van der Waals surface area contributed by atoms with Crippen molar-refractivity contribution >= 4 is 22.8 Å². The number of nitrogens with one attached hydrogen (secondary N) is 3. The zero-order chi connectivity index (χ0) is 19.0. The molecular weight excluding hydrogens is 361 g/mol. The summed E-state index contributed by atoms with van der Waals surface area (Å²) in [6, 6.07) is 9.50. The molecule has 4 rings (SSSR count). The third-order valence-corrected chi connectivity index (χ3v) is 3.77. The molecule has 0 unspecified atom stereocenters. The van der Waals surface area contributed by atoms with Crippen LogP contribution in [-0.4, -0.2) is 24.9 Å². The van der Waals surface area contributed by atoms with Crippen LogP contribution in [-0.2, 0) is 6.18 Å². The Morgan fingerprint density at radius 1 is 1.00 bits per heavy atom. The molecule has 0 aliphatic heterocycles. The van der Waals surface area contributed by atoms with Crippen LogP contribution in [0, 0.1) is 0 Å². The number of H-pyrrole nitrogens is 2. The van der Waals surface area contributed by atoms with Crippen LogP contribution in [0.15, 0.2) is 53.6 Å². The van der Waals surface area contributed by atoms with Gasteiger partial charge in [-0.15, -0.1) is 0 Å². The summed E-state index contributed by atoms with van der Waals surface area (Å²) in [5, 5.41) is 2.76. The zero-order valence-electron chi connectivity index (χ0n) is 13.5. The number of hydrogen-bond acceptors (Lipinski definition) is 5. The van der Waals surface area contributed by atoms with Gasteiger partial charge >= 0.3 is 11.9 Å². The highest BCUT2D eigenvalue weighted by Crippen LogP contribution is 2.29. The highest BCUT2D eigenvalue weighted by molar-refractivity contribution is 5.78. The number of nitrogens with zero attached hydrogens (tertiary/aromatic N) is 3. The van der Waals surface area contributed by atoms with E-state index in [-0.39, 0.29) is 11.6 Å². The number of imidazole rings is 1. The van der Waals surface area contributed by atoms with Crippen molar-refractivity contribution in [2.75, 3.05) is 5.32 Å². The molecule has 0 saturated heterocycles. The van der Waals surface area contributed by atoms with Crippen LogP contribution >= 0.6 is 0 Å². The second-order valence-corrected chi connectivity index (χ2v) is 5.67. The largest absolute Gasteiger partial charge is 0.433 e. The second kappa shape index (κ2) is 6.24. The molecule has 27 heavy (non-hydrogen) atoms. The molecule has 136 valence electrons. The van der Waals surface area contributed by atoms with Gasteiger partial charge in [0.15, 0.2) is 5.65 Å². The van der Waals surface area contributed by atoms with E-state index in [0.717, 1.165) is 23.4 Å². The quantitative estimate of drug-likeness (QED) is 0.511. The van der Waals surface area contributed by atoms with Gasteiger partial charge in [0.1, 0.15) is 5.69 Å². The van der Waals surface area contributed by atoms with E-state index in [2.05, 4.69) is 30.2 Å². The molecule has 10 heteroatoms. The van der Waals surface area contributed by atoms with Crippen molar-refractivity contribution < 1.29 is 13.2 Å². The van der Waals surface area contributed by atoms with Gasteiger partial charge in [-0.25, -0.2) is 19.7 Å². The van der Waals surface area contributed by atoms with Gasteiger partial charge in [0.05, 0.1) is 5.52 Å². The predicted molar refractivity (Wildman–Crippen MR) is 92.5 cm³/mol. The minimum atomic E-state index is -4.55. The van der Waals surface area contributed by atoms with E-state index < -0.39 is 11.9 Å². The molecule has 1 aromatic carbocycles. The van der Waals surface area contributed by atoms with E-state index in [4.69, 9.17) is 0 Å². The number of halogens is 3. The third kappa shape index (κ3) is 3.50. The summed E-state index contributed by atoms with van der Waals surface area (Å²) >= 11 is 0. The monoisotopic (exact) mass is 372 g/mol. The lowest BCUT2D eigenvalue weighted by Crippen LogP contribution is -2.10. The number of anilines is 2. The van der Waals surface area contributed by atoms with E-state index >= 15 is 0 Å². The number of hydrogen-bond donors (Lipinski definition) is 3. The Hall–Kier alpha value is -3.69. The number of pyridine rings is 1. The topological polar surface area (TPSA) is 99.3 Å². The Morgan fingerprint density at radius 2 is 1.85 bits per heavy atom. The molecule has 0 radical (unpaired) electrons. The fourth-order valence-electron chi connectivity index (χ4n) is 2.56. The van der Waals surface area contributed by atoms with Gasteiger partial charge in [-0.05, 0) is 29.8 Å². The Balaban J connectivity index is 1.65. The Labute approximate surface area is 149 Å². The standard InChI is InChI=1S/C17H11F3N6O/c18-17(19,20)13-4-5-21-15(25-13)23-11-3-1-2-9(6-11)10-7-12-14(22-8-10)26-16(27)24-12/h1-8H,(H,21,23,25)(H2,22,24,26,27). The minimum absolute atomic E-state index is 0.162. The summed E-state index contributed by atoms with van der Waals surface area (Å²) in [5.41, 5.74) is 1.60. The smallest absolute Gasteiger partial charge is 0.324 e. The van der Waals surface area contributed by atoms with Crippen molar-refractivity contribution in [2.24, 2.45) is 0 Å². The molecule has 0 spiro atoms. The summed E-state index contributed by atoms with van der Waals surface area (Å²) < 4.78 is 38.3. The Bertz CT molecular complexity index is 1180. The van der Waals surface area contributed by atoms with Crippen molar-refractivity contribution in [3.8, 4) is 11.1 Å². The number of aromatic amines is 2. The summed E-state index contributed by atoms with van der Waals surface area (Å²) in [6.45, 7) is 0. The average molecular weight is 372 g/mol. The van der Waals surface area contributed by atoms with Crippen LogP contribution in [0.1, 0.15) is 5.69 Å². The van der Waals surface area contributed by atoms with E-state index in [1.54, 1.807) is 30.5 Å². The molecule has 0 aliphatic rings. The molecule has 0 amide bonds. The van der Waals surface area contributed by atoms with Gasteiger partial charge in [0.25, 0.3) is 0 Å². The van der Waals surface area contributed by atoms with Crippen molar-refractivity contribution in [2.45, 2.75) is 6.18 Å². The number of benzene rings is 1. The fraction of sp³-hybridized carbons (Fsp3) is 0.0588. The highest BCUT2D eigenvalue weighted by Gasteiger charge is 2.32. The first kappa shape index (κ1) is 16.8. The van der Waals surface area contributed by atoms with Gasteiger partial charge in [-0.2, -0.15) is 13.2 Å². The SMILES string of the molecule is O=c1[nH]c2cc(-c3cccc(Nc4nccc(C(F)(F)F)n4)c3)cnc2[nH]1. The molecule has 0 bridgehead atoms. The maximum Gasteiger partial charge on any atom is 0.433 e. The van der Waals surface area contributed by atoms with Crippen LogP contribution < -0.4 is 11.0 Å². The van der Waals surface area contributed by atoms with Gasteiger partial charge in [0, 0.05) is 23.6 Å². The van der Waals surface area contributed by atoms with Crippen molar-refractivity contribution in [1.29, 1.82) is 0 Å². The normalized spacial score (nSPS) is 11.7. The van der Waals surface area contributed by atoms with E-state index in [1.165, 1.54) is 0 Å². The van der Waals surface area contributed by atoms with Gasteiger partial charge in [-0.1, -0.05) is 12.1 Å². The first-order chi connectivity index (χ1) is 12.9. The van der Waals surface area contributed by atoms with E-state index in [9.17, 15) is 18.0 Å². The highest BCUT2D eigenvalue weighted by atomic mass is 19.4. The lowest BCUT2D eigenvalue weighted by Gasteiger charge is -2.10. The maximum absolute atomic E-state index is 12.8. The summed E-state index contributed by atoms with van der Waals surface area (Å²) in [7, 11) is 0. The van der Waals surface area contributed by atoms with Crippen LogP contribution in [0.4, 0.5) is 24.8 Å². The van der Waals surface area contributed by atoms with Crippen LogP contribution in [0.5, 0.6) is 0 Å². The van der Waals surface area contributed by atoms with Crippen LogP contribution in [0.3, 0.4) is 0 Å². The fourth-order valence-corrected chi connectivity index (χ4v) is 2.56. The van der Waals surface area contributed by atoms with E-state index in [1.807, 2.05) is 6.07 Å². The first-order valence-electron chi connectivity index (χ1n) is 7.74. The Kier molecular flexibility index (Phi) is 3.87. The molecule has 0 saturated carbocycles. The van der Waals surface area contributed by atoms with Crippen molar-refractivity contribution in [3.63, 3.8) is 0 Å². The second-order valence-electron chi connectivity index (χ2n) is 5.67. The van der Waals surface area contributed by atoms with Crippen molar-refractivity contribution in [3.05, 3.63) is 65.0 Å². The molecule has 3 aromatic heterocycles. The summed E-state index contributed by atoms with van der Waals surface area (Å²) in [5.74, 6) is -0.162. The molecule has 0 fully saturated rings. The molecule has 0 aliphatic carbocycles. The zero-order valence-corrected chi connectivity index (χ0v) is 13.5. The summed E-state index contributed by atoms with van der Waals surface area (Å²) in [4.78, 5) is 28.0. The summed E-state index contributed by atoms with van der Waals surface area (Å²) in [6.07, 6.45) is -1.91. The lowest BCUT2D eigenvalue weighted by molar-refractivity contribution is -0.141. The molecule has 4 aromatic rings. The molecule has 3 N–H and O–H groups in total. The molecule has 0 atom stereocenters. The first-order valence-corrected chi connectivity index (χ1v) is 7.74. The average Bonchev–Trinajstić information content (AvgIpc) is 3.00. The molecule has 3 heterocycles. The maximum atomic E-state index is 12.8.